The lowest BCUT2D eigenvalue weighted by atomic mass is 9.82. The second-order valence-electron chi connectivity index (χ2n) is 18.8. The maximum Gasteiger partial charge on any atom is 0.238 e. The average molecular weight is 808 g/mol. The van der Waals surface area contributed by atoms with Crippen LogP contribution in [0.25, 0.3) is 122 Å². The highest BCUT2D eigenvalue weighted by Crippen LogP contribution is 2.52. The first kappa shape index (κ1) is 33.8. The van der Waals surface area contributed by atoms with Gasteiger partial charge >= 0.3 is 0 Å². The van der Waals surface area contributed by atoms with Crippen LogP contribution in [0.15, 0.2) is 156 Å². The molecule has 2 aliphatic carbocycles. The molecule has 13 aromatic rings. The Morgan fingerprint density at radius 1 is 0.413 bits per heavy atom. The molecule has 0 amide bonds. The largest absolute Gasteiger partial charge is 0.456 e. The molecule has 63 heavy (non-hydrogen) atoms. The van der Waals surface area contributed by atoms with Crippen LogP contribution in [0.5, 0.6) is 0 Å². The van der Waals surface area contributed by atoms with E-state index in [1.807, 2.05) is 0 Å². The third-order valence-electron chi connectivity index (χ3n) is 14.9. The monoisotopic (exact) mass is 807 g/mol. The van der Waals surface area contributed by atoms with Gasteiger partial charge in [0.1, 0.15) is 11.2 Å². The first-order chi connectivity index (χ1) is 30.8. The Labute approximate surface area is 361 Å². The van der Waals surface area contributed by atoms with E-state index in [1.54, 1.807) is 0 Å². The number of hydrogen-bond acceptors (Lipinski definition) is 4. The lowest BCUT2D eigenvalue weighted by Crippen LogP contribution is -2.15. The molecule has 0 saturated carbocycles. The number of aromatic nitrogens is 5. The third-order valence-corrected chi connectivity index (χ3v) is 14.9. The van der Waals surface area contributed by atoms with Gasteiger partial charge in [-0.25, -0.2) is 4.98 Å². The van der Waals surface area contributed by atoms with Gasteiger partial charge in [-0.15, -0.1) is 0 Å². The van der Waals surface area contributed by atoms with Gasteiger partial charge in [0.05, 0.1) is 33.0 Å². The first-order valence-electron chi connectivity index (χ1n) is 21.9. The van der Waals surface area contributed by atoms with Crippen LogP contribution < -0.4 is 0 Å². The molecule has 15 rings (SSSR count). The maximum absolute atomic E-state index is 6.69. The Kier molecular flexibility index (Phi) is 5.99. The minimum Gasteiger partial charge on any atom is -0.456 e. The van der Waals surface area contributed by atoms with Crippen molar-refractivity contribution in [3.8, 4) is 51.0 Å². The molecule has 0 atom stereocenters. The zero-order valence-electron chi connectivity index (χ0n) is 35.1. The van der Waals surface area contributed by atoms with E-state index in [0.717, 1.165) is 60.4 Å². The molecule has 0 radical (unpaired) electrons. The fraction of sp³-hybridized carbons (Fsp3) is 0.105. The molecule has 5 aromatic heterocycles. The van der Waals surface area contributed by atoms with Gasteiger partial charge in [-0.3, -0.25) is 4.57 Å². The Bertz CT molecular complexity index is 4030. The summed E-state index contributed by atoms with van der Waals surface area (Å²) in [6.07, 6.45) is 0. The van der Waals surface area contributed by atoms with Gasteiger partial charge in [-0.05, 0) is 99.1 Å². The van der Waals surface area contributed by atoms with Crippen LogP contribution in [0.3, 0.4) is 0 Å². The number of fused-ring (bicyclic) bond motifs is 10. The van der Waals surface area contributed by atoms with E-state index < -0.39 is 0 Å². The zero-order chi connectivity index (χ0) is 41.7. The summed E-state index contributed by atoms with van der Waals surface area (Å²) < 4.78 is 11.4. The van der Waals surface area contributed by atoms with Crippen LogP contribution in [0.4, 0.5) is 0 Å². The molecule has 0 fully saturated rings. The molecule has 0 aliphatic heterocycles. The van der Waals surface area contributed by atoms with Crippen molar-refractivity contribution in [2.45, 2.75) is 38.5 Å². The molecular weight excluding hydrogens is 771 g/mol. The van der Waals surface area contributed by atoms with Crippen molar-refractivity contribution >= 4 is 71.1 Å². The second kappa shape index (κ2) is 11.2. The summed E-state index contributed by atoms with van der Waals surface area (Å²) in [5.74, 6) is 1.86. The molecule has 0 spiro atoms. The number of rotatable bonds is 3. The topological polar surface area (TPSA) is 61.2 Å². The van der Waals surface area contributed by atoms with Crippen LogP contribution in [-0.4, -0.2) is 23.9 Å². The van der Waals surface area contributed by atoms with Crippen molar-refractivity contribution in [3.63, 3.8) is 0 Å². The van der Waals surface area contributed by atoms with E-state index in [2.05, 4.69) is 188 Å². The van der Waals surface area contributed by atoms with Gasteiger partial charge in [-0.2, -0.15) is 9.97 Å². The quantitative estimate of drug-likeness (QED) is 0.178. The van der Waals surface area contributed by atoms with Crippen LogP contribution in [-0.2, 0) is 10.8 Å². The second-order valence-corrected chi connectivity index (χ2v) is 18.8. The van der Waals surface area contributed by atoms with Crippen LogP contribution in [0, 0.1) is 0 Å². The number of hydrogen-bond donors (Lipinski definition) is 0. The van der Waals surface area contributed by atoms with Crippen LogP contribution >= 0.6 is 0 Å². The van der Waals surface area contributed by atoms with Gasteiger partial charge in [-0.1, -0.05) is 125 Å². The van der Waals surface area contributed by atoms with Crippen LogP contribution in [0.1, 0.15) is 49.9 Å². The molecule has 0 saturated heterocycles. The molecule has 5 heterocycles. The van der Waals surface area contributed by atoms with E-state index in [9.17, 15) is 0 Å². The van der Waals surface area contributed by atoms with Gasteiger partial charge < -0.3 is 8.82 Å². The lowest BCUT2D eigenvalue weighted by Gasteiger charge is -2.22. The maximum atomic E-state index is 6.69. The normalized spacial score (nSPS) is 14.9. The molecule has 0 N–H and O–H groups in total. The summed E-state index contributed by atoms with van der Waals surface area (Å²) in [5.41, 5.74) is 19.2. The Morgan fingerprint density at radius 3 is 1.67 bits per heavy atom. The summed E-state index contributed by atoms with van der Waals surface area (Å²) in [7, 11) is 0. The number of para-hydroxylation sites is 1. The average Bonchev–Trinajstić information content (AvgIpc) is 4.05. The van der Waals surface area contributed by atoms with Crippen molar-refractivity contribution in [2.75, 3.05) is 0 Å². The summed E-state index contributed by atoms with van der Waals surface area (Å²) in [5, 5.41) is 7.01. The lowest BCUT2D eigenvalue weighted by molar-refractivity contribution is 0.660. The third kappa shape index (κ3) is 4.03. The predicted octanol–water partition coefficient (Wildman–Crippen LogP) is 14.2. The SMILES string of the molecule is CC1(C)c2ccccc2-c2ccc(-c3nc(-c4ccc5c(c4)C(C)(C)c4ccccc4-5)nc(-n4c5ccc6oc7ccc8c9ccccc9n9c%10cccc4c%10c5c6c7c89)n3)cc21. The molecule has 8 aromatic carbocycles. The summed E-state index contributed by atoms with van der Waals surface area (Å²) >= 11 is 0. The highest BCUT2D eigenvalue weighted by molar-refractivity contribution is 6.37. The Hall–Kier alpha value is -7.83. The standard InChI is InChI=1S/C57H37N5O/c1-56(2)38-15-8-5-12-32(38)34-22-20-30(28-40(34)56)53-58-54(31-21-23-35-33-13-6-9-16-39(33)57(3,4)41(35)29-31)60-55(59-53)62-44-19-11-18-43-48(44)49-45(62)25-27-46-50(49)51-47(63-46)26-24-37-36-14-7-10-17-42(36)61(43)52(37)51/h5-29H,1-4H3. The van der Waals surface area contributed by atoms with E-state index in [0.29, 0.717) is 17.6 Å². The van der Waals surface area contributed by atoms with E-state index in [1.165, 1.54) is 66.3 Å². The van der Waals surface area contributed by atoms with E-state index >= 15 is 0 Å². The van der Waals surface area contributed by atoms with E-state index in [4.69, 9.17) is 19.4 Å². The predicted molar refractivity (Wildman–Crippen MR) is 256 cm³/mol. The fourth-order valence-electron chi connectivity index (χ4n) is 12.0. The highest BCUT2D eigenvalue weighted by Gasteiger charge is 2.37. The first-order valence-corrected chi connectivity index (χ1v) is 21.9. The number of furan rings is 1. The van der Waals surface area contributed by atoms with Gasteiger partial charge in [0.2, 0.25) is 5.95 Å². The minimum atomic E-state index is -0.177. The molecule has 6 heteroatoms. The molecule has 0 unspecified atom stereocenters. The Morgan fingerprint density at radius 2 is 0.968 bits per heavy atom. The smallest absolute Gasteiger partial charge is 0.238 e. The van der Waals surface area contributed by atoms with Crippen molar-refractivity contribution in [1.29, 1.82) is 0 Å². The molecular formula is C57H37N5O. The van der Waals surface area contributed by atoms with Crippen molar-refractivity contribution < 1.29 is 4.42 Å². The highest BCUT2D eigenvalue weighted by atomic mass is 16.3. The number of nitrogens with zero attached hydrogens (tertiary/aromatic N) is 5. The van der Waals surface area contributed by atoms with Gasteiger partial charge in [0.25, 0.3) is 0 Å². The van der Waals surface area contributed by atoms with Crippen molar-refractivity contribution in [3.05, 3.63) is 174 Å². The summed E-state index contributed by atoms with van der Waals surface area (Å²) in [4.78, 5) is 16.4. The van der Waals surface area contributed by atoms with Crippen LogP contribution in [0.2, 0.25) is 0 Å². The summed E-state index contributed by atoms with van der Waals surface area (Å²) in [6.45, 7) is 9.29. The Balaban J connectivity index is 1.04. The molecule has 2 aliphatic rings. The molecule has 0 bridgehead atoms. The number of benzene rings is 8. The fourth-order valence-corrected chi connectivity index (χ4v) is 12.0. The van der Waals surface area contributed by atoms with Gasteiger partial charge in [0, 0.05) is 48.9 Å². The molecule has 6 nitrogen and oxygen atoms in total. The summed E-state index contributed by atoms with van der Waals surface area (Å²) in [6, 6.07) is 55.2. The zero-order valence-corrected chi connectivity index (χ0v) is 35.1. The van der Waals surface area contributed by atoms with Crippen molar-refractivity contribution in [2.24, 2.45) is 0 Å². The molecule has 296 valence electrons. The van der Waals surface area contributed by atoms with E-state index in [-0.39, 0.29) is 10.8 Å². The minimum absolute atomic E-state index is 0.177. The van der Waals surface area contributed by atoms with Crippen molar-refractivity contribution in [1.82, 2.24) is 23.9 Å². The van der Waals surface area contributed by atoms with Gasteiger partial charge in [0.15, 0.2) is 11.6 Å².